The molecule has 178 valence electrons. The lowest BCUT2D eigenvalue weighted by Gasteiger charge is -2.55. The van der Waals surface area contributed by atoms with Crippen LogP contribution in [0.25, 0.3) is 0 Å². The number of carbonyl (C=O) groups is 1. The number of anilines is 2. The SMILES string of the molecule is CC1(C)[C@H]2CC=C(/C=N\Nc3ccc(S(=O)(=O)Nc4ccccc4C(=O)O)cc3[N+](=O)[O-])[C@H]1C2. The molecule has 0 aliphatic heterocycles. The van der Waals surface area contributed by atoms with Crippen LogP contribution in [0.2, 0.25) is 0 Å². The van der Waals surface area contributed by atoms with Crippen molar-refractivity contribution in [3.05, 3.63) is 69.8 Å². The minimum absolute atomic E-state index is 0.0355. The zero-order chi connectivity index (χ0) is 24.7. The Bertz CT molecular complexity index is 1330. The van der Waals surface area contributed by atoms with E-state index in [9.17, 15) is 28.4 Å². The van der Waals surface area contributed by atoms with Crippen LogP contribution in [0.4, 0.5) is 17.1 Å². The Hall–Kier alpha value is -3.73. The van der Waals surface area contributed by atoms with E-state index in [1.807, 2.05) is 0 Å². The molecule has 10 nitrogen and oxygen atoms in total. The zero-order valence-electron chi connectivity index (χ0n) is 18.6. The highest BCUT2D eigenvalue weighted by atomic mass is 32.2. The van der Waals surface area contributed by atoms with Gasteiger partial charge in [0.05, 0.1) is 27.3 Å². The Morgan fingerprint density at radius 3 is 2.62 bits per heavy atom. The third-order valence-electron chi connectivity index (χ3n) is 6.79. The minimum atomic E-state index is -4.29. The number of aromatic carboxylic acids is 1. The molecule has 0 radical (unpaired) electrons. The number of hydrogen-bond acceptors (Lipinski definition) is 7. The number of rotatable bonds is 8. The molecule has 0 amide bonds. The first-order valence-electron chi connectivity index (χ1n) is 10.6. The van der Waals surface area contributed by atoms with E-state index in [1.54, 1.807) is 6.21 Å². The third kappa shape index (κ3) is 4.26. The number of para-hydroxylation sites is 1. The van der Waals surface area contributed by atoms with Gasteiger partial charge in [-0.3, -0.25) is 20.3 Å². The summed E-state index contributed by atoms with van der Waals surface area (Å²) in [5.74, 6) is -0.232. The maximum absolute atomic E-state index is 12.8. The van der Waals surface area contributed by atoms with Gasteiger partial charge in [-0.25, -0.2) is 13.2 Å². The monoisotopic (exact) mass is 484 g/mol. The largest absolute Gasteiger partial charge is 0.478 e. The molecule has 3 aliphatic rings. The number of hydrazone groups is 1. The highest BCUT2D eigenvalue weighted by molar-refractivity contribution is 7.92. The summed E-state index contributed by atoms with van der Waals surface area (Å²) in [6.45, 7) is 4.46. The number of nitro benzene ring substituents is 1. The average molecular weight is 485 g/mol. The Balaban J connectivity index is 1.55. The summed E-state index contributed by atoms with van der Waals surface area (Å²) < 4.78 is 27.8. The first kappa shape index (κ1) is 23.4. The molecule has 2 aromatic rings. The van der Waals surface area contributed by atoms with Crippen LogP contribution in [0.15, 0.2) is 64.1 Å². The van der Waals surface area contributed by atoms with Gasteiger partial charge < -0.3 is 5.11 Å². The van der Waals surface area contributed by atoms with E-state index in [1.165, 1.54) is 36.4 Å². The van der Waals surface area contributed by atoms with E-state index >= 15 is 0 Å². The number of fused-ring (bicyclic) bond motifs is 1. The summed E-state index contributed by atoms with van der Waals surface area (Å²) in [6, 6.07) is 8.84. The molecule has 0 unspecified atom stereocenters. The molecular formula is C23H24N4O6S. The van der Waals surface area contributed by atoms with Gasteiger partial charge in [-0.15, -0.1) is 0 Å². The summed E-state index contributed by atoms with van der Waals surface area (Å²) in [6.07, 6.45) is 5.89. The van der Waals surface area contributed by atoms with Crippen molar-refractivity contribution in [3.8, 4) is 0 Å². The number of sulfonamides is 1. The second-order valence-electron chi connectivity index (χ2n) is 9.01. The van der Waals surface area contributed by atoms with E-state index in [2.05, 4.69) is 35.2 Å². The number of nitrogens with one attached hydrogen (secondary N) is 2. The van der Waals surface area contributed by atoms with Gasteiger partial charge in [0, 0.05) is 6.07 Å². The number of allylic oxidation sites excluding steroid dienone is 2. The van der Waals surface area contributed by atoms with E-state index in [0.29, 0.717) is 11.8 Å². The lowest BCUT2D eigenvalue weighted by Crippen LogP contribution is -2.48. The van der Waals surface area contributed by atoms with Crippen molar-refractivity contribution in [2.75, 3.05) is 10.1 Å². The predicted molar refractivity (Wildman–Crippen MR) is 127 cm³/mol. The van der Waals surface area contributed by atoms with E-state index in [-0.39, 0.29) is 27.2 Å². The van der Waals surface area contributed by atoms with Crippen LogP contribution in [0.1, 0.15) is 37.0 Å². The van der Waals surface area contributed by atoms with Crippen LogP contribution < -0.4 is 10.1 Å². The number of carboxylic acids is 1. The quantitative estimate of drug-likeness (QED) is 0.284. The van der Waals surface area contributed by atoms with E-state index < -0.39 is 26.6 Å². The van der Waals surface area contributed by atoms with Crippen molar-refractivity contribution in [2.24, 2.45) is 22.4 Å². The molecule has 1 fully saturated rings. The van der Waals surface area contributed by atoms with Crippen molar-refractivity contribution < 1.29 is 23.2 Å². The van der Waals surface area contributed by atoms with Gasteiger partial charge in [0.1, 0.15) is 5.69 Å². The summed E-state index contributed by atoms with van der Waals surface area (Å²) in [5.41, 5.74) is 3.12. The number of hydrogen-bond donors (Lipinski definition) is 3. The first-order chi connectivity index (χ1) is 16.0. The molecule has 0 heterocycles. The molecule has 0 spiro atoms. The first-order valence-corrected chi connectivity index (χ1v) is 12.1. The normalized spacial score (nSPS) is 20.8. The maximum atomic E-state index is 12.8. The van der Waals surface area contributed by atoms with Gasteiger partial charge in [0.15, 0.2) is 0 Å². The minimum Gasteiger partial charge on any atom is -0.478 e. The summed E-state index contributed by atoms with van der Waals surface area (Å²) in [4.78, 5) is 21.9. The standard InChI is InChI=1S/C23H24N4O6S/c1-23(2)15-8-7-14(18(23)11-15)13-24-25-20-10-9-16(12-21(20)27(30)31)34(32,33)26-19-6-4-3-5-17(19)22(28)29/h3-7,9-10,12-13,15,18,25-26H,8,11H2,1-2H3,(H,28,29)/b24-13-/t15-,18+/m0/s1. The van der Waals surface area contributed by atoms with Crippen LogP contribution >= 0.6 is 0 Å². The van der Waals surface area contributed by atoms with Crippen molar-refractivity contribution in [3.63, 3.8) is 0 Å². The molecule has 34 heavy (non-hydrogen) atoms. The van der Waals surface area contributed by atoms with Gasteiger partial charge in [-0.05, 0) is 59.9 Å². The number of benzene rings is 2. The molecule has 1 saturated carbocycles. The van der Waals surface area contributed by atoms with Crippen LogP contribution in [0.5, 0.6) is 0 Å². The molecule has 2 bridgehead atoms. The van der Waals surface area contributed by atoms with Crippen molar-refractivity contribution in [2.45, 2.75) is 31.6 Å². The van der Waals surface area contributed by atoms with Gasteiger partial charge in [-0.1, -0.05) is 32.1 Å². The van der Waals surface area contributed by atoms with Crippen molar-refractivity contribution in [1.29, 1.82) is 0 Å². The van der Waals surface area contributed by atoms with Gasteiger partial charge in [-0.2, -0.15) is 5.10 Å². The summed E-state index contributed by atoms with van der Waals surface area (Å²) in [7, 11) is -4.29. The fourth-order valence-electron chi connectivity index (χ4n) is 4.61. The van der Waals surface area contributed by atoms with Crippen molar-refractivity contribution in [1.82, 2.24) is 0 Å². The van der Waals surface area contributed by atoms with Crippen LogP contribution in [-0.4, -0.2) is 30.6 Å². The smallest absolute Gasteiger partial charge is 0.337 e. The summed E-state index contributed by atoms with van der Waals surface area (Å²) >= 11 is 0. The Labute approximate surface area is 196 Å². The average Bonchev–Trinajstić information content (AvgIpc) is 2.79. The fourth-order valence-corrected chi connectivity index (χ4v) is 5.71. The highest BCUT2D eigenvalue weighted by Crippen LogP contribution is 2.58. The molecule has 11 heteroatoms. The zero-order valence-corrected chi connectivity index (χ0v) is 19.4. The Kier molecular flexibility index (Phi) is 5.90. The van der Waals surface area contributed by atoms with E-state index in [4.69, 9.17) is 0 Å². The molecule has 2 atom stereocenters. The van der Waals surface area contributed by atoms with E-state index in [0.717, 1.165) is 24.5 Å². The number of nitrogens with zero attached hydrogens (tertiary/aromatic N) is 2. The second-order valence-corrected chi connectivity index (χ2v) is 10.7. The molecule has 0 saturated heterocycles. The number of nitro groups is 1. The van der Waals surface area contributed by atoms with Crippen LogP contribution in [0, 0.1) is 27.4 Å². The van der Waals surface area contributed by atoms with Crippen LogP contribution in [0.3, 0.4) is 0 Å². The fraction of sp³-hybridized carbons (Fsp3) is 0.304. The third-order valence-corrected chi connectivity index (χ3v) is 8.15. The molecule has 0 aromatic heterocycles. The molecule has 2 aromatic carbocycles. The van der Waals surface area contributed by atoms with Crippen LogP contribution in [-0.2, 0) is 10.0 Å². The van der Waals surface area contributed by atoms with Crippen molar-refractivity contribution >= 4 is 39.3 Å². The highest BCUT2D eigenvalue weighted by Gasteiger charge is 2.50. The molecule has 5 rings (SSSR count). The second kappa shape index (κ2) is 8.56. The Morgan fingerprint density at radius 1 is 1.24 bits per heavy atom. The predicted octanol–water partition coefficient (Wildman–Crippen LogP) is 4.48. The van der Waals surface area contributed by atoms with Gasteiger partial charge in [0.25, 0.3) is 15.7 Å². The molecule has 3 N–H and O–H groups in total. The molecule has 3 aliphatic carbocycles. The lowest BCUT2D eigenvalue weighted by atomic mass is 9.49. The molecular weight excluding hydrogens is 460 g/mol. The number of carboxylic acid groups (broad SMARTS) is 1. The lowest BCUT2D eigenvalue weighted by molar-refractivity contribution is -0.384. The van der Waals surface area contributed by atoms with Gasteiger partial charge in [0.2, 0.25) is 0 Å². The maximum Gasteiger partial charge on any atom is 0.337 e. The topological polar surface area (TPSA) is 151 Å². The Morgan fingerprint density at radius 2 is 1.97 bits per heavy atom. The summed E-state index contributed by atoms with van der Waals surface area (Å²) in [5, 5.41) is 25.0. The van der Waals surface area contributed by atoms with Gasteiger partial charge >= 0.3 is 5.97 Å².